The predicted molar refractivity (Wildman–Crippen MR) is 42.1 cm³/mol. The predicted octanol–water partition coefficient (Wildman–Crippen LogP) is 1.69. The highest BCUT2D eigenvalue weighted by Gasteiger charge is 1.98. The highest BCUT2D eigenvalue weighted by molar-refractivity contribution is 5.48. The van der Waals surface area contributed by atoms with E-state index >= 15 is 0 Å². The van der Waals surface area contributed by atoms with E-state index in [0.29, 0.717) is 5.75 Å². The molecule has 1 radical (unpaired) electrons. The van der Waals surface area contributed by atoms with Crippen molar-refractivity contribution >= 4 is 6.47 Å². The van der Waals surface area contributed by atoms with Crippen LogP contribution in [0.15, 0.2) is 24.3 Å². The molecule has 1 aromatic rings. The standard InChI is InChI=1S/C9H9O2/c1-2-8-5-3-4-6-9(8)11-7-10/h3-6H,2H2,1H3. The molecule has 57 valence electrons. The third kappa shape index (κ3) is 1.80. The van der Waals surface area contributed by atoms with E-state index in [1.165, 1.54) is 6.47 Å². The van der Waals surface area contributed by atoms with Crippen LogP contribution in [0.3, 0.4) is 0 Å². The Morgan fingerprint density at radius 3 is 2.82 bits per heavy atom. The molecular formula is C9H9O2. The molecule has 1 aromatic carbocycles. The van der Waals surface area contributed by atoms with Gasteiger partial charge in [0.05, 0.1) is 0 Å². The summed E-state index contributed by atoms with van der Waals surface area (Å²) in [7, 11) is 0. The zero-order valence-electron chi connectivity index (χ0n) is 6.33. The molecule has 0 saturated heterocycles. The molecule has 0 heterocycles. The number of hydrogen-bond acceptors (Lipinski definition) is 2. The Morgan fingerprint density at radius 2 is 2.18 bits per heavy atom. The molecule has 0 spiro atoms. The largest absolute Gasteiger partial charge is 0.423 e. The van der Waals surface area contributed by atoms with Crippen molar-refractivity contribution < 1.29 is 9.53 Å². The number of hydrogen-bond donors (Lipinski definition) is 0. The van der Waals surface area contributed by atoms with E-state index in [4.69, 9.17) is 0 Å². The zero-order valence-corrected chi connectivity index (χ0v) is 6.33. The van der Waals surface area contributed by atoms with Gasteiger partial charge in [-0.25, -0.2) is 4.79 Å². The molecule has 11 heavy (non-hydrogen) atoms. The number of aryl methyl sites for hydroxylation is 1. The molecule has 0 aliphatic rings. The lowest BCUT2D eigenvalue weighted by molar-refractivity contribution is 0.440. The Kier molecular flexibility index (Phi) is 2.66. The monoisotopic (exact) mass is 149 g/mol. The molecule has 0 fully saturated rings. The summed E-state index contributed by atoms with van der Waals surface area (Å²) in [6.07, 6.45) is 0.859. The number of carbonyl (C=O) groups excluding carboxylic acids is 1. The zero-order chi connectivity index (χ0) is 8.10. The summed E-state index contributed by atoms with van der Waals surface area (Å²) in [4.78, 5) is 9.90. The molecule has 0 bridgehead atoms. The van der Waals surface area contributed by atoms with Crippen molar-refractivity contribution in [1.82, 2.24) is 0 Å². The Hall–Kier alpha value is -1.31. The Morgan fingerprint density at radius 1 is 1.45 bits per heavy atom. The fourth-order valence-electron chi connectivity index (χ4n) is 0.940. The van der Waals surface area contributed by atoms with Crippen LogP contribution in [0.5, 0.6) is 5.75 Å². The van der Waals surface area contributed by atoms with Gasteiger partial charge in [0, 0.05) is 0 Å². The molecule has 0 aliphatic heterocycles. The van der Waals surface area contributed by atoms with Crippen LogP contribution in [0.2, 0.25) is 0 Å². The summed E-state index contributed by atoms with van der Waals surface area (Å²) in [5.41, 5.74) is 1.02. The van der Waals surface area contributed by atoms with Crippen LogP contribution in [0, 0.1) is 0 Å². The summed E-state index contributed by atoms with van der Waals surface area (Å²) < 4.78 is 4.62. The van der Waals surface area contributed by atoms with Crippen LogP contribution in [-0.4, -0.2) is 6.47 Å². The van der Waals surface area contributed by atoms with Crippen molar-refractivity contribution in [1.29, 1.82) is 0 Å². The molecule has 0 amide bonds. The summed E-state index contributed by atoms with van der Waals surface area (Å²) in [6, 6.07) is 7.42. The van der Waals surface area contributed by atoms with Crippen molar-refractivity contribution in [3.05, 3.63) is 29.8 Å². The molecule has 0 aliphatic carbocycles. The van der Waals surface area contributed by atoms with Gasteiger partial charge in [-0.05, 0) is 18.1 Å². The molecule has 0 N–H and O–H groups in total. The summed E-state index contributed by atoms with van der Waals surface area (Å²) in [5.74, 6) is 0.602. The van der Waals surface area contributed by atoms with Crippen LogP contribution in [-0.2, 0) is 11.2 Å². The van der Waals surface area contributed by atoms with Crippen LogP contribution >= 0.6 is 0 Å². The lowest BCUT2D eigenvalue weighted by Crippen LogP contribution is -1.92. The van der Waals surface area contributed by atoms with E-state index in [2.05, 4.69) is 4.74 Å². The minimum Gasteiger partial charge on any atom is -0.418 e. The lowest BCUT2D eigenvalue weighted by atomic mass is 10.1. The second-order valence-electron chi connectivity index (χ2n) is 2.15. The fourth-order valence-corrected chi connectivity index (χ4v) is 0.940. The van der Waals surface area contributed by atoms with Crippen LogP contribution in [0.25, 0.3) is 0 Å². The molecule has 1 rings (SSSR count). The van der Waals surface area contributed by atoms with Crippen molar-refractivity contribution in [3.63, 3.8) is 0 Å². The molecular weight excluding hydrogens is 140 g/mol. The van der Waals surface area contributed by atoms with Gasteiger partial charge in [0.25, 0.3) is 0 Å². The second-order valence-corrected chi connectivity index (χ2v) is 2.15. The number of para-hydroxylation sites is 1. The smallest absolute Gasteiger partial charge is 0.418 e. The van der Waals surface area contributed by atoms with Crippen molar-refractivity contribution in [2.75, 3.05) is 0 Å². The van der Waals surface area contributed by atoms with Crippen molar-refractivity contribution in [3.8, 4) is 5.75 Å². The van der Waals surface area contributed by atoms with Gasteiger partial charge < -0.3 is 4.74 Å². The molecule has 0 atom stereocenters. The van der Waals surface area contributed by atoms with Gasteiger partial charge in [-0.15, -0.1) is 0 Å². The molecule has 0 aromatic heterocycles. The van der Waals surface area contributed by atoms with E-state index in [1.807, 2.05) is 25.1 Å². The number of benzene rings is 1. The maximum Gasteiger partial charge on any atom is 0.423 e. The maximum atomic E-state index is 9.90. The first kappa shape index (κ1) is 7.79. The van der Waals surface area contributed by atoms with E-state index in [9.17, 15) is 4.79 Å². The Bertz CT molecular complexity index is 243. The van der Waals surface area contributed by atoms with Crippen LogP contribution in [0.1, 0.15) is 12.5 Å². The Labute approximate surface area is 65.8 Å². The molecule has 0 saturated carbocycles. The van der Waals surface area contributed by atoms with Gasteiger partial charge in [-0.2, -0.15) is 0 Å². The first-order chi connectivity index (χ1) is 5.38. The Balaban J connectivity index is 2.92. The quantitative estimate of drug-likeness (QED) is 0.653. The normalized spacial score (nSPS) is 9.18. The lowest BCUT2D eigenvalue weighted by Gasteiger charge is -2.01. The molecule has 2 heteroatoms. The first-order valence-electron chi connectivity index (χ1n) is 3.50. The highest BCUT2D eigenvalue weighted by atomic mass is 16.5. The van der Waals surface area contributed by atoms with Gasteiger partial charge in [0.15, 0.2) is 0 Å². The maximum absolute atomic E-state index is 9.90. The van der Waals surface area contributed by atoms with Gasteiger partial charge >= 0.3 is 6.47 Å². The van der Waals surface area contributed by atoms with E-state index < -0.39 is 0 Å². The first-order valence-corrected chi connectivity index (χ1v) is 3.50. The van der Waals surface area contributed by atoms with Gasteiger partial charge in [0.2, 0.25) is 0 Å². The van der Waals surface area contributed by atoms with E-state index in [1.54, 1.807) is 6.07 Å². The fraction of sp³-hybridized carbons (Fsp3) is 0.222. The van der Waals surface area contributed by atoms with Gasteiger partial charge in [-0.1, -0.05) is 25.1 Å². The average molecular weight is 149 g/mol. The SMILES string of the molecule is CCc1ccccc1O[C]=O. The van der Waals surface area contributed by atoms with Crippen molar-refractivity contribution in [2.45, 2.75) is 13.3 Å². The van der Waals surface area contributed by atoms with Gasteiger partial charge in [-0.3, -0.25) is 0 Å². The van der Waals surface area contributed by atoms with Gasteiger partial charge in [0.1, 0.15) is 5.75 Å². The third-order valence-corrected chi connectivity index (χ3v) is 1.51. The van der Waals surface area contributed by atoms with Crippen LogP contribution < -0.4 is 4.74 Å². The highest BCUT2D eigenvalue weighted by Crippen LogP contribution is 2.16. The second kappa shape index (κ2) is 3.76. The van der Waals surface area contributed by atoms with E-state index in [-0.39, 0.29) is 0 Å². The summed E-state index contributed by atoms with van der Waals surface area (Å²) >= 11 is 0. The molecule has 2 nitrogen and oxygen atoms in total. The van der Waals surface area contributed by atoms with Crippen molar-refractivity contribution in [2.24, 2.45) is 0 Å². The minimum absolute atomic E-state index is 0.602. The average Bonchev–Trinajstić information content (AvgIpc) is 2.06. The molecule has 0 unspecified atom stereocenters. The topological polar surface area (TPSA) is 26.3 Å². The number of ether oxygens (including phenoxy) is 1. The summed E-state index contributed by atoms with van der Waals surface area (Å²) in [5, 5.41) is 0. The number of rotatable bonds is 3. The van der Waals surface area contributed by atoms with E-state index in [0.717, 1.165) is 12.0 Å². The summed E-state index contributed by atoms with van der Waals surface area (Å²) in [6.45, 7) is 3.42. The minimum atomic E-state index is 0.602. The third-order valence-electron chi connectivity index (χ3n) is 1.51. The van der Waals surface area contributed by atoms with Crippen LogP contribution in [0.4, 0.5) is 0 Å².